The monoisotopic (exact) mass is 311 g/mol. The molecule has 0 saturated heterocycles. The van der Waals surface area contributed by atoms with Crippen molar-refractivity contribution in [2.24, 2.45) is 5.73 Å². The minimum atomic E-state index is 0.0321. The van der Waals surface area contributed by atoms with E-state index in [1.165, 1.54) is 11.1 Å². The van der Waals surface area contributed by atoms with Crippen LogP contribution in [-0.4, -0.2) is 7.11 Å². The second kappa shape index (κ2) is 5.67. The fraction of sp³-hybridized carbons (Fsp3) is 0.231. The molecule has 4 heteroatoms. The molecule has 0 spiro atoms. The average Bonchev–Trinajstić information content (AvgIpc) is 2.85. The summed E-state index contributed by atoms with van der Waals surface area (Å²) in [6.45, 7) is 0. The van der Waals surface area contributed by atoms with Gasteiger partial charge in [-0.25, -0.2) is 0 Å². The number of ether oxygens (including phenoxy) is 1. The van der Waals surface area contributed by atoms with E-state index in [1.807, 2.05) is 18.2 Å². The second-order valence-corrected chi connectivity index (χ2v) is 5.46. The zero-order chi connectivity index (χ0) is 12.3. The highest BCUT2D eigenvalue weighted by Crippen LogP contribution is 2.27. The summed E-state index contributed by atoms with van der Waals surface area (Å²) in [5.74, 6) is 0.862. The standard InChI is InChI=1S/C13H14BrNOS/c1-16-11-2-3-12(14)10(6-11)7-13(15)9-4-5-17-8-9/h2-6,8,13H,7,15H2,1H3. The molecule has 0 amide bonds. The van der Waals surface area contributed by atoms with Crippen LogP contribution in [0, 0.1) is 0 Å². The summed E-state index contributed by atoms with van der Waals surface area (Å²) in [6, 6.07) is 8.06. The Morgan fingerprint density at radius 2 is 2.24 bits per heavy atom. The number of thiophene rings is 1. The molecular weight excluding hydrogens is 298 g/mol. The molecule has 2 N–H and O–H groups in total. The fourth-order valence-corrected chi connectivity index (χ4v) is 2.81. The Labute approximate surface area is 114 Å². The molecule has 1 aromatic carbocycles. The van der Waals surface area contributed by atoms with Crippen LogP contribution < -0.4 is 10.5 Å². The van der Waals surface area contributed by atoms with Crippen LogP contribution in [0.1, 0.15) is 17.2 Å². The lowest BCUT2D eigenvalue weighted by Crippen LogP contribution is -2.12. The predicted octanol–water partition coefficient (Wildman–Crippen LogP) is 3.76. The highest BCUT2D eigenvalue weighted by Gasteiger charge is 2.10. The van der Waals surface area contributed by atoms with Crippen molar-refractivity contribution in [1.29, 1.82) is 0 Å². The van der Waals surface area contributed by atoms with Gasteiger partial charge in [0.25, 0.3) is 0 Å². The third-order valence-corrected chi connectivity index (χ3v) is 4.14. The molecular formula is C13H14BrNOS. The molecule has 0 radical (unpaired) electrons. The quantitative estimate of drug-likeness (QED) is 0.933. The van der Waals surface area contributed by atoms with E-state index in [0.29, 0.717) is 0 Å². The molecule has 2 nitrogen and oxygen atoms in total. The number of halogens is 1. The third-order valence-electron chi connectivity index (χ3n) is 2.66. The van der Waals surface area contributed by atoms with Crippen LogP contribution in [0.4, 0.5) is 0 Å². The van der Waals surface area contributed by atoms with E-state index in [4.69, 9.17) is 10.5 Å². The maximum Gasteiger partial charge on any atom is 0.119 e. The average molecular weight is 312 g/mol. The van der Waals surface area contributed by atoms with Gasteiger partial charge < -0.3 is 10.5 Å². The number of nitrogens with two attached hydrogens (primary N) is 1. The Balaban J connectivity index is 2.18. The van der Waals surface area contributed by atoms with Crippen molar-refractivity contribution < 1.29 is 4.74 Å². The summed E-state index contributed by atoms with van der Waals surface area (Å²) in [5.41, 5.74) is 8.53. The first-order chi connectivity index (χ1) is 8.20. The molecule has 2 rings (SSSR count). The molecule has 1 aromatic heterocycles. The van der Waals surface area contributed by atoms with Gasteiger partial charge in [-0.1, -0.05) is 15.9 Å². The molecule has 90 valence electrons. The number of hydrogen-bond donors (Lipinski definition) is 1. The lowest BCUT2D eigenvalue weighted by Gasteiger charge is -2.12. The van der Waals surface area contributed by atoms with Crippen LogP contribution in [0.5, 0.6) is 5.75 Å². The maximum absolute atomic E-state index is 6.18. The van der Waals surface area contributed by atoms with Crippen LogP contribution >= 0.6 is 27.3 Å². The second-order valence-electron chi connectivity index (χ2n) is 3.82. The van der Waals surface area contributed by atoms with Crippen molar-refractivity contribution in [3.05, 3.63) is 50.6 Å². The zero-order valence-corrected chi connectivity index (χ0v) is 11.9. The summed E-state index contributed by atoms with van der Waals surface area (Å²) < 4.78 is 6.30. The maximum atomic E-state index is 6.18. The molecule has 0 saturated carbocycles. The fourth-order valence-electron chi connectivity index (χ4n) is 1.68. The van der Waals surface area contributed by atoms with Crippen LogP contribution in [0.25, 0.3) is 0 Å². The van der Waals surface area contributed by atoms with Gasteiger partial charge in [0.2, 0.25) is 0 Å². The Morgan fingerprint density at radius 1 is 1.41 bits per heavy atom. The summed E-state index contributed by atoms with van der Waals surface area (Å²) >= 11 is 5.22. The van der Waals surface area contributed by atoms with Crippen LogP contribution in [0.2, 0.25) is 0 Å². The Morgan fingerprint density at radius 3 is 2.88 bits per heavy atom. The van der Waals surface area contributed by atoms with Gasteiger partial charge >= 0.3 is 0 Å². The topological polar surface area (TPSA) is 35.2 Å². The molecule has 1 heterocycles. The van der Waals surface area contributed by atoms with E-state index >= 15 is 0 Å². The van der Waals surface area contributed by atoms with Crippen LogP contribution in [-0.2, 0) is 6.42 Å². The van der Waals surface area contributed by atoms with E-state index in [9.17, 15) is 0 Å². The smallest absolute Gasteiger partial charge is 0.119 e. The highest BCUT2D eigenvalue weighted by atomic mass is 79.9. The Kier molecular flexibility index (Phi) is 4.20. The van der Waals surface area contributed by atoms with Crippen LogP contribution in [0.15, 0.2) is 39.5 Å². The van der Waals surface area contributed by atoms with Crippen molar-refractivity contribution in [3.8, 4) is 5.75 Å². The molecule has 0 bridgehead atoms. The van der Waals surface area contributed by atoms with E-state index in [1.54, 1.807) is 18.4 Å². The van der Waals surface area contributed by atoms with Gasteiger partial charge in [-0.3, -0.25) is 0 Å². The number of rotatable bonds is 4. The Hall–Kier alpha value is -0.840. The third kappa shape index (κ3) is 3.09. The number of benzene rings is 1. The van der Waals surface area contributed by atoms with Gasteiger partial charge in [-0.2, -0.15) is 11.3 Å². The Bertz CT molecular complexity index is 484. The van der Waals surface area contributed by atoms with Gasteiger partial charge in [0.15, 0.2) is 0 Å². The normalized spacial score (nSPS) is 12.4. The number of methoxy groups -OCH3 is 1. The minimum absolute atomic E-state index is 0.0321. The van der Waals surface area contributed by atoms with Gasteiger partial charge in [-0.05, 0) is 52.6 Å². The van der Waals surface area contributed by atoms with Gasteiger partial charge in [0.1, 0.15) is 5.75 Å². The summed E-state index contributed by atoms with van der Waals surface area (Å²) in [7, 11) is 1.67. The van der Waals surface area contributed by atoms with Crippen molar-refractivity contribution in [2.75, 3.05) is 7.11 Å². The van der Waals surface area contributed by atoms with Gasteiger partial charge in [-0.15, -0.1) is 0 Å². The molecule has 2 aromatic rings. The van der Waals surface area contributed by atoms with Crippen molar-refractivity contribution in [1.82, 2.24) is 0 Å². The minimum Gasteiger partial charge on any atom is -0.497 e. The zero-order valence-electron chi connectivity index (χ0n) is 9.52. The van der Waals surface area contributed by atoms with Crippen molar-refractivity contribution in [3.63, 3.8) is 0 Å². The lowest BCUT2D eigenvalue weighted by molar-refractivity contribution is 0.414. The van der Waals surface area contributed by atoms with Crippen molar-refractivity contribution in [2.45, 2.75) is 12.5 Å². The van der Waals surface area contributed by atoms with Gasteiger partial charge in [0, 0.05) is 10.5 Å². The summed E-state index contributed by atoms with van der Waals surface area (Å²) in [5, 5.41) is 4.15. The van der Waals surface area contributed by atoms with Gasteiger partial charge in [0.05, 0.1) is 7.11 Å². The molecule has 0 aliphatic rings. The molecule has 0 aliphatic heterocycles. The van der Waals surface area contributed by atoms with Crippen molar-refractivity contribution >= 4 is 27.3 Å². The molecule has 17 heavy (non-hydrogen) atoms. The van der Waals surface area contributed by atoms with E-state index in [-0.39, 0.29) is 6.04 Å². The first-order valence-electron chi connectivity index (χ1n) is 5.31. The summed E-state index contributed by atoms with van der Waals surface area (Å²) in [4.78, 5) is 0. The first kappa shape index (κ1) is 12.6. The molecule has 1 unspecified atom stereocenters. The van der Waals surface area contributed by atoms with Crippen LogP contribution in [0.3, 0.4) is 0 Å². The van der Waals surface area contributed by atoms with E-state index in [2.05, 4.69) is 32.8 Å². The SMILES string of the molecule is COc1ccc(Br)c(CC(N)c2ccsc2)c1. The molecule has 1 atom stereocenters. The van der Waals surface area contributed by atoms with E-state index < -0.39 is 0 Å². The molecule has 0 fully saturated rings. The highest BCUT2D eigenvalue weighted by molar-refractivity contribution is 9.10. The molecule has 0 aliphatic carbocycles. The predicted molar refractivity (Wildman–Crippen MR) is 75.6 cm³/mol. The number of hydrogen-bond acceptors (Lipinski definition) is 3. The first-order valence-corrected chi connectivity index (χ1v) is 7.04. The largest absolute Gasteiger partial charge is 0.497 e. The lowest BCUT2D eigenvalue weighted by atomic mass is 10.0. The van der Waals surface area contributed by atoms with E-state index in [0.717, 1.165) is 16.6 Å². The summed E-state index contributed by atoms with van der Waals surface area (Å²) in [6.07, 6.45) is 0.800.